The monoisotopic (exact) mass is 362 g/mol. The lowest BCUT2D eigenvalue weighted by molar-refractivity contribution is -0.122. The van der Waals surface area contributed by atoms with E-state index < -0.39 is 0 Å². The van der Waals surface area contributed by atoms with Crippen LogP contribution in [-0.2, 0) is 17.6 Å². The van der Waals surface area contributed by atoms with Crippen LogP contribution in [0.15, 0.2) is 48.5 Å². The van der Waals surface area contributed by atoms with Crippen LogP contribution in [0.25, 0.3) is 10.9 Å². The molecule has 1 amide bonds. The number of carbonyl (C=O) groups is 1. The number of ether oxygens (including phenoxy) is 1. The van der Waals surface area contributed by atoms with E-state index in [1.165, 1.54) is 27.7 Å². The van der Waals surface area contributed by atoms with Crippen molar-refractivity contribution in [3.8, 4) is 5.75 Å². The molecule has 1 aromatic heterocycles. The van der Waals surface area contributed by atoms with Crippen LogP contribution in [0.3, 0.4) is 0 Å². The highest BCUT2D eigenvalue weighted by Gasteiger charge is 2.23. The summed E-state index contributed by atoms with van der Waals surface area (Å²) in [5.41, 5.74) is 5.10. The molecular weight excluding hydrogens is 336 g/mol. The number of nitrogens with one attached hydrogen (secondary N) is 2. The second-order valence-electron chi connectivity index (χ2n) is 7.40. The number of aromatic nitrogens is 1. The van der Waals surface area contributed by atoms with Crippen molar-refractivity contribution in [2.45, 2.75) is 45.1 Å². The number of fused-ring (bicyclic) bond motifs is 3. The zero-order valence-electron chi connectivity index (χ0n) is 15.8. The van der Waals surface area contributed by atoms with E-state index in [9.17, 15) is 4.79 Å². The Bertz CT molecular complexity index is 927. The molecule has 1 aliphatic carbocycles. The third kappa shape index (κ3) is 4.16. The standard InChI is InChI=1S/C23H26N2O2/c1-16-8-11-18(12-9-16)27-14-4-7-23(26)24-17-10-13-20-19-5-2-3-6-21(19)25-22(20)15-17/h2-3,5-6,8-9,11-12,17,25H,4,7,10,13-15H2,1H3,(H,24,26). The predicted octanol–water partition coefficient (Wildman–Crippen LogP) is 4.31. The lowest BCUT2D eigenvalue weighted by atomic mass is 9.91. The summed E-state index contributed by atoms with van der Waals surface area (Å²) in [4.78, 5) is 15.8. The quantitative estimate of drug-likeness (QED) is 0.642. The van der Waals surface area contributed by atoms with Gasteiger partial charge in [0.25, 0.3) is 0 Å². The number of rotatable bonds is 6. The van der Waals surface area contributed by atoms with Gasteiger partial charge in [-0.05, 0) is 49.9 Å². The van der Waals surface area contributed by atoms with Gasteiger partial charge in [-0.15, -0.1) is 0 Å². The van der Waals surface area contributed by atoms with Crippen molar-refractivity contribution < 1.29 is 9.53 Å². The molecule has 0 bridgehead atoms. The van der Waals surface area contributed by atoms with E-state index in [0.29, 0.717) is 13.0 Å². The molecule has 0 saturated heterocycles. The van der Waals surface area contributed by atoms with Gasteiger partial charge in [0.15, 0.2) is 0 Å². The SMILES string of the molecule is Cc1ccc(OCCCC(=O)NC2CCc3c([nH]c4ccccc34)C2)cc1. The van der Waals surface area contributed by atoms with Crippen LogP contribution >= 0.6 is 0 Å². The maximum atomic E-state index is 12.3. The smallest absolute Gasteiger partial charge is 0.220 e. The van der Waals surface area contributed by atoms with Crippen molar-refractivity contribution >= 4 is 16.8 Å². The van der Waals surface area contributed by atoms with Crippen LogP contribution in [0.2, 0.25) is 0 Å². The van der Waals surface area contributed by atoms with Gasteiger partial charge in [0.1, 0.15) is 5.75 Å². The van der Waals surface area contributed by atoms with Gasteiger partial charge >= 0.3 is 0 Å². The minimum Gasteiger partial charge on any atom is -0.494 e. The number of H-pyrrole nitrogens is 1. The van der Waals surface area contributed by atoms with Gasteiger partial charge in [0.2, 0.25) is 5.91 Å². The lowest BCUT2D eigenvalue weighted by Gasteiger charge is -2.23. The number of aromatic amines is 1. The molecule has 27 heavy (non-hydrogen) atoms. The Balaban J connectivity index is 1.23. The van der Waals surface area contributed by atoms with Crippen LogP contribution in [0.5, 0.6) is 5.75 Å². The molecule has 0 spiro atoms. The second kappa shape index (κ2) is 7.87. The van der Waals surface area contributed by atoms with Gasteiger partial charge in [0.05, 0.1) is 6.61 Å². The van der Waals surface area contributed by atoms with E-state index in [0.717, 1.165) is 31.4 Å². The maximum Gasteiger partial charge on any atom is 0.220 e. The number of hydrogen-bond acceptors (Lipinski definition) is 2. The highest BCUT2D eigenvalue weighted by Crippen LogP contribution is 2.29. The fourth-order valence-corrected chi connectivity index (χ4v) is 3.86. The fourth-order valence-electron chi connectivity index (χ4n) is 3.86. The Morgan fingerprint density at radius 3 is 2.85 bits per heavy atom. The second-order valence-corrected chi connectivity index (χ2v) is 7.40. The molecular formula is C23H26N2O2. The first-order valence-electron chi connectivity index (χ1n) is 9.76. The van der Waals surface area contributed by atoms with Crippen molar-refractivity contribution in [3.63, 3.8) is 0 Å². The topological polar surface area (TPSA) is 54.1 Å². The summed E-state index contributed by atoms with van der Waals surface area (Å²) in [6.45, 7) is 2.62. The number of amides is 1. The Morgan fingerprint density at radius 2 is 2.00 bits per heavy atom. The number of benzene rings is 2. The number of aryl methyl sites for hydroxylation is 2. The Labute approximate surface area is 159 Å². The molecule has 4 rings (SSSR count). The van der Waals surface area contributed by atoms with E-state index in [-0.39, 0.29) is 11.9 Å². The molecule has 3 aromatic rings. The largest absolute Gasteiger partial charge is 0.494 e. The first kappa shape index (κ1) is 17.7. The van der Waals surface area contributed by atoms with Crippen molar-refractivity contribution in [3.05, 3.63) is 65.4 Å². The summed E-state index contributed by atoms with van der Waals surface area (Å²) < 4.78 is 5.70. The van der Waals surface area contributed by atoms with Crippen molar-refractivity contribution in [2.75, 3.05) is 6.61 Å². The molecule has 0 fully saturated rings. The number of carbonyl (C=O) groups excluding carboxylic acids is 1. The van der Waals surface area contributed by atoms with Crippen molar-refractivity contribution in [1.82, 2.24) is 10.3 Å². The van der Waals surface area contributed by atoms with Gasteiger partial charge in [-0.25, -0.2) is 0 Å². The molecule has 2 aromatic carbocycles. The van der Waals surface area contributed by atoms with Crippen molar-refractivity contribution in [2.24, 2.45) is 0 Å². The molecule has 0 radical (unpaired) electrons. The Hall–Kier alpha value is -2.75. The summed E-state index contributed by atoms with van der Waals surface area (Å²) in [5, 5.41) is 4.52. The molecule has 4 nitrogen and oxygen atoms in total. The highest BCUT2D eigenvalue weighted by molar-refractivity contribution is 5.85. The molecule has 4 heteroatoms. The lowest BCUT2D eigenvalue weighted by Crippen LogP contribution is -2.38. The van der Waals surface area contributed by atoms with Gasteiger partial charge in [-0.3, -0.25) is 4.79 Å². The highest BCUT2D eigenvalue weighted by atomic mass is 16.5. The van der Waals surface area contributed by atoms with E-state index in [2.05, 4.69) is 41.5 Å². The molecule has 1 aliphatic rings. The molecule has 1 atom stereocenters. The zero-order valence-corrected chi connectivity index (χ0v) is 15.8. The third-order valence-corrected chi connectivity index (χ3v) is 5.30. The molecule has 2 N–H and O–H groups in total. The molecule has 140 valence electrons. The van der Waals surface area contributed by atoms with E-state index in [1.807, 2.05) is 24.3 Å². The number of para-hydroxylation sites is 1. The van der Waals surface area contributed by atoms with E-state index in [1.54, 1.807) is 0 Å². The van der Waals surface area contributed by atoms with Crippen LogP contribution in [0.4, 0.5) is 0 Å². The normalized spacial score (nSPS) is 16.1. The first-order chi connectivity index (χ1) is 13.2. The first-order valence-corrected chi connectivity index (χ1v) is 9.76. The zero-order chi connectivity index (χ0) is 18.6. The van der Waals surface area contributed by atoms with Crippen LogP contribution in [0, 0.1) is 6.92 Å². The van der Waals surface area contributed by atoms with Gasteiger partial charge in [0, 0.05) is 35.5 Å². The Kier molecular flexibility index (Phi) is 5.14. The third-order valence-electron chi connectivity index (χ3n) is 5.30. The molecule has 0 aliphatic heterocycles. The summed E-state index contributed by atoms with van der Waals surface area (Å²) >= 11 is 0. The maximum absolute atomic E-state index is 12.3. The van der Waals surface area contributed by atoms with E-state index >= 15 is 0 Å². The summed E-state index contributed by atoms with van der Waals surface area (Å²) in [6, 6.07) is 16.7. The number of hydrogen-bond donors (Lipinski definition) is 2. The van der Waals surface area contributed by atoms with Gasteiger partial charge < -0.3 is 15.0 Å². The van der Waals surface area contributed by atoms with Crippen molar-refractivity contribution in [1.29, 1.82) is 0 Å². The molecule has 0 saturated carbocycles. The molecule has 1 heterocycles. The minimum absolute atomic E-state index is 0.118. The molecule has 1 unspecified atom stereocenters. The predicted molar refractivity (Wildman–Crippen MR) is 108 cm³/mol. The minimum atomic E-state index is 0.118. The summed E-state index contributed by atoms with van der Waals surface area (Å²) in [6.07, 6.45) is 4.13. The van der Waals surface area contributed by atoms with Gasteiger partial charge in [-0.2, -0.15) is 0 Å². The fraction of sp³-hybridized carbons (Fsp3) is 0.348. The Morgan fingerprint density at radius 1 is 1.19 bits per heavy atom. The summed E-state index contributed by atoms with van der Waals surface area (Å²) in [7, 11) is 0. The van der Waals surface area contributed by atoms with Crippen LogP contribution < -0.4 is 10.1 Å². The van der Waals surface area contributed by atoms with E-state index in [4.69, 9.17) is 4.74 Å². The average molecular weight is 362 g/mol. The van der Waals surface area contributed by atoms with Crippen LogP contribution in [0.1, 0.15) is 36.1 Å². The van der Waals surface area contributed by atoms with Crippen LogP contribution in [-0.4, -0.2) is 23.5 Å². The average Bonchev–Trinajstić information content (AvgIpc) is 3.04. The van der Waals surface area contributed by atoms with Gasteiger partial charge in [-0.1, -0.05) is 35.9 Å². The summed E-state index contributed by atoms with van der Waals surface area (Å²) in [5.74, 6) is 0.978.